The molecule has 1 aromatic heterocycles. The Labute approximate surface area is 136 Å². The van der Waals surface area contributed by atoms with Gasteiger partial charge in [0.2, 0.25) is 0 Å². The molecule has 1 amide bonds. The van der Waals surface area contributed by atoms with Gasteiger partial charge in [-0.1, -0.05) is 36.4 Å². The van der Waals surface area contributed by atoms with Crippen molar-refractivity contribution in [2.24, 2.45) is 0 Å². The van der Waals surface area contributed by atoms with E-state index in [1.165, 1.54) is 11.1 Å². The predicted octanol–water partition coefficient (Wildman–Crippen LogP) is 4.62. The van der Waals surface area contributed by atoms with Gasteiger partial charge in [-0.25, -0.2) is 0 Å². The normalized spacial score (nSPS) is 12.3. The van der Waals surface area contributed by atoms with Crippen molar-refractivity contribution in [1.29, 1.82) is 0 Å². The number of fused-ring (bicyclic) bond motifs is 1. The lowest BCUT2D eigenvalue weighted by atomic mass is 10.1. The Morgan fingerprint density at radius 1 is 1.09 bits per heavy atom. The smallest absolute Gasteiger partial charge is 0.270 e. The Balaban J connectivity index is 1.92. The third kappa shape index (κ3) is 2.87. The third-order valence-corrected chi connectivity index (χ3v) is 4.50. The van der Waals surface area contributed by atoms with Gasteiger partial charge in [-0.2, -0.15) is 0 Å². The first-order valence-electron chi connectivity index (χ1n) is 7.89. The standard InChI is InChI=1S/C20H22N2O/c1-13-10-14(2)17-12-19(21-18(17)11-13)20(23)22(4)15(3)16-8-6-5-7-9-16/h5-12,15,21H,1-4H3. The number of hydrogen-bond donors (Lipinski definition) is 1. The Kier molecular flexibility index (Phi) is 3.95. The van der Waals surface area contributed by atoms with Crippen molar-refractivity contribution in [3.63, 3.8) is 0 Å². The summed E-state index contributed by atoms with van der Waals surface area (Å²) >= 11 is 0. The Morgan fingerprint density at radius 3 is 2.48 bits per heavy atom. The summed E-state index contributed by atoms with van der Waals surface area (Å²) in [6, 6.07) is 16.3. The molecule has 23 heavy (non-hydrogen) atoms. The fourth-order valence-electron chi connectivity index (χ4n) is 3.04. The minimum atomic E-state index is 0.00889. The molecule has 0 radical (unpaired) electrons. The average Bonchev–Trinajstić information content (AvgIpc) is 2.98. The van der Waals surface area contributed by atoms with Crippen LogP contribution in [0.3, 0.4) is 0 Å². The van der Waals surface area contributed by atoms with Gasteiger partial charge in [0.25, 0.3) is 5.91 Å². The number of benzene rings is 2. The maximum Gasteiger partial charge on any atom is 0.270 e. The van der Waals surface area contributed by atoms with E-state index in [1.807, 2.05) is 50.4 Å². The van der Waals surface area contributed by atoms with Crippen LogP contribution in [0.2, 0.25) is 0 Å². The first-order valence-corrected chi connectivity index (χ1v) is 7.89. The SMILES string of the molecule is Cc1cc(C)c2cc(C(=O)N(C)C(C)c3ccccc3)[nH]c2c1. The van der Waals surface area contributed by atoms with E-state index in [9.17, 15) is 4.79 Å². The van der Waals surface area contributed by atoms with Crippen molar-refractivity contribution >= 4 is 16.8 Å². The van der Waals surface area contributed by atoms with Crippen LogP contribution in [0.1, 0.15) is 40.1 Å². The van der Waals surface area contributed by atoms with Gasteiger partial charge in [0.05, 0.1) is 6.04 Å². The van der Waals surface area contributed by atoms with Gasteiger partial charge in [-0.3, -0.25) is 4.79 Å². The molecule has 0 saturated heterocycles. The molecular weight excluding hydrogens is 284 g/mol. The lowest BCUT2D eigenvalue weighted by molar-refractivity contribution is 0.0737. The van der Waals surface area contributed by atoms with E-state index in [0.29, 0.717) is 5.69 Å². The molecule has 3 nitrogen and oxygen atoms in total. The summed E-state index contributed by atoms with van der Waals surface area (Å²) in [7, 11) is 1.85. The topological polar surface area (TPSA) is 36.1 Å². The van der Waals surface area contributed by atoms with Crippen LogP contribution in [0.25, 0.3) is 10.9 Å². The highest BCUT2D eigenvalue weighted by Crippen LogP contribution is 2.24. The number of amides is 1. The highest BCUT2D eigenvalue weighted by molar-refractivity contribution is 5.99. The monoisotopic (exact) mass is 306 g/mol. The lowest BCUT2D eigenvalue weighted by Crippen LogP contribution is -2.29. The third-order valence-electron chi connectivity index (χ3n) is 4.50. The molecule has 0 aliphatic carbocycles. The van der Waals surface area contributed by atoms with Crippen molar-refractivity contribution in [3.8, 4) is 0 Å². The summed E-state index contributed by atoms with van der Waals surface area (Å²) in [6.45, 7) is 6.19. The van der Waals surface area contributed by atoms with Crippen LogP contribution in [0.15, 0.2) is 48.5 Å². The zero-order chi connectivity index (χ0) is 16.6. The molecule has 1 heterocycles. The molecule has 0 bridgehead atoms. The fraction of sp³-hybridized carbons (Fsp3) is 0.250. The average molecular weight is 306 g/mol. The molecule has 3 heteroatoms. The summed E-state index contributed by atoms with van der Waals surface area (Å²) in [6.07, 6.45) is 0. The molecule has 2 aromatic carbocycles. The van der Waals surface area contributed by atoms with Crippen LogP contribution in [-0.4, -0.2) is 22.8 Å². The Bertz CT molecular complexity index is 849. The molecule has 0 fully saturated rings. The number of carbonyl (C=O) groups is 1. The van der Waals surface area contributed by atoms with Crippen molar-refractivity contribution < 1.29 is 4.79 Å². The minimum Gasteiger partial charge on any atom is -0.351 e. The maximum atomic E-state index is 12.8. The van der Waals surface area contributed by atoms with Crippen LogP contribution < -0.4 is 0 Å². The summed E-state index contributed by atoms with van der Waals surface area (Å²) in [5.41, 5.74) is 5.17. The molecule has 118 valence electrons. The van der Waals surface area contributed by atoms with Crippen LogP contribution in [0.4, 0.5) is 0 Å². The molecular formula is C20H22N2O. The number of aryl methyl sites for hydroxylation is 2. The summed E-state index contributed by atoms with van der Waals surface area (Å²) in [5.74, 6) is 0.00889. The number of hydrogen-bond acceptors (Lipinski definition) is 1. The van der Waals surface area contributed by atoms with Gasteiger partial charge in [-0.15, -0.1) is 0 Å². The predicted molar refractivity (Wildman–Crippen MR) is 94.7 cm³/mol. The van der Waals surface area contributed by atoms with E-state index in [-0.39, 0.29) is 11.9 Å². The van der Waals surface area contributed by atoms with E-state index in [1.54, 1.807) is 4.90 Å². The van der Waals surface area contributed by atoms with Gasteiger partial charge in [-0.05, 0) is 49.6 Å². The number of H-pyrrole nitrogens is 1. The number of rotatable bonds is 3. The number of aromatic nitrogens is 1. The zero-order valence-corrected chi connectivity index (χ0v) is 14.1. The van der Waals surface area contributed by atoms with Crippen LogP contribution in [0.5, 0.6) is 0 Å². The van der Waals surface area contributed by atoms with Crippen molar-refractivity contribution in [3.05, 3.63) is 70.9 Å². The molecule has 1 unspecified atom stereocenters. The van der Waals surface area contributed by atoms with E-state index in [2.05, 4.69) is 31.0 Å². The van der Waals surface area contributed by atoms with E-state index in [4.69, 9.17) is 0 Å². The Morgan fingerprint density at radius 2 is 1.78 bits per heavy atom. The number of nitrogens with one attached hydrogen (secondary N) is 1. The van der Waals surface area contributed by atoms with Gasteiger partial charge < -0.3 is 9.88 Å². The summed E-state index contributed by atoms with van der Waals surface area (Å²) in [5, 5.41) is 1.11. The van der Waals surface area contributed by atoms with E-state index in [0.717, 1.165) is 16.5 Å². The molecule has 3 rings (SSSR count). The highest BCUT2D eigenvalue weighted by atomic mass is 16.2. The number of aromatic amines is 1. The molecule has 0 spiro atoms. The van der Waals surface area contributed by atoms with E-state index >= 15 is 0 Å². The Hall–Kier alpha value is -2.55. The molecule has 1 atom stereocenters. The summed E-state index contributed by atoms with van der Waals surface area (Å²) in [4.78, 5) is 17.9. The lowest BCUT2D eigenvalue weighted by Gasteiger charge is -2.24. The van der Waals surface area contributed by atoms with Gasteiger partial charge >= 0.3 is 0 Å². The number of carbonyl (C=O) groups excluding carboxylic acids is 1. The van der Waals surface area contributed by atoms with E-state index < -0.39 is 0 Å². The largest absolute Gasteiger partial charge is 0.351 e. The molecule has 0 aliphatic rings. The van der Waals surface area contributed by atoms with Gasteiger partial charge in [0.15, 0.2) is 0 Å². The van der Waals surface area contributed by atoms with Gasteiger partial charge in [0.1, 0.15) is 5.69 Å². The van der Waals surface area contributed by atoms with Crippen LogP contribution in [-0.2, 0) is 0 Å². The summed E-state index contributed by atoms with van der Waals surface area (Å²) < 4.78 is 0. The first-order chi connectivity index (χ1) is 11.0. The van der Waals surface area contributed by atoms with Crippen LogP contribution in [0, 0.1) is 13.8 Å². The molecule has 0 saturated carbocycles. The zero-order valence-electron chi connectivity index (χ0n) is 14.1. The second-order valence-electron chi connectivity index (χ2n) is 6.23. The second kappa shape index (κ2) is 5.92. The molecule has 3 aromatic rings. The quantitative estimate of drug-likeness (QED) is 0.753. The first kappa shape index (κ1) is 15.3. The molecule has 0 aliphatic heterocycles. The molecule has 1 N–H and O–H groups in total. The van der Waals surface area contributed by atoms with Crippen molar-refractivity contribution in [1.82, 2.24) is 9.88 Å². The van der Waals surface area contributed by atoms with Crippen LogP contribution >= 0.6 is 0 Å². The minimum absolute atomic E-state index is 0.00889. The maximum absolute atomic E-state index is 12.8. The highest BCUT2D eigenvalue weighted by Gasteiger charge is 2.20. The second-order valence-corrected chi connectivity index (χ2v) is 6.23. The van der Waals surface area contributed by atoms with Crippen molar-refractivity contribution in [2.75, 3.05) is 7.05 Å². The number of nitrogens with zero attached hydrogens (tertiary/aromatic N) is 1. The fourth-order valence-corrected chi connectivity index (χ4v) is 3.04. The van der Waals surface area contributed by atoms with Crippen molar-refractivity contribution in [2.45, 2.75) is 26.8 Å². The van der Waals surface area contributed by atoms with Gasteiger partial charge in [0, 0.05) is 18.0 Å².